The number of piperidine rings is 1. The van der Waals surface area contributed by atoms with Crippen LogP contribution in [-0.4, -0.2) is 58.6 Å². The number of hydrogen-bond donors (Lipinski definition) is 2. The van der Waals surface area contributed by atoms with E-state index in [9.17, 15) is 9.59 Å². The Hall–Kier alpha value is -0.750. The van der Waals surface area contributed by atoms with Crippen LogP contribution < -0.4 is 5.32 Å². The first kappa shape index (κ1) is 17.3. The van der Waals surface area contributed by atoms with Gasteiger partial charge in [0.25, 0.3) is 0 Å². The molecule has 1 aliphatic rings. The zero-order valence-corrected chi connectivity index (χ0v) is 13.4. The molecule has 1 heterocycles. The number of aliphatic carboxylic acids is 1. The summed E-state index contributed by atoms with van der Waals surface area (Å²) in [5.41, 5.74) is 0. The van der Waals surface area contributed by atoms with Gasteiger partial charge in [-0.3, -0.25) is 9.69 Å². The minimum Gasteiger partial charge on any atom is -0.480 e. The fourth-order valence-corrected chi connectivity index (χ4v) is 3.10. The van der Waals surface area contributed by atoms with Crippen molar-refractivity contribution in [1.29, 1.82) is 0 Å². The number of carbonyl (C=O) groups is 2. The molecule has 5 nitrogen and oxygen atoms in total. The summed E-state index contributed by atoms with van der Waals surface area (Å²) in [6, 6.07) is -0.655. The van der Waals surface area contributed by atoms with Gasteiger partial charge in [0.1, 0.15) is 6.04 Å². The molecule has 2 N–H and O–H groups in total. The molecule has 0 aliphatic carbocycles. The summed E-state index contributed by atoms with van der Waals surface area (Å²) >= 11 is 1.59. The third kappa shape index (κ3) is 4.98. The van der Waals surface area contributed by atoms with Crippen LogP contribution >= 0.6 is 11.8 Å². The van der Waals surface area contributed by atoms with Crippen LogP contribution in [0.25, 0.3) is 0 Å². The van der Waals surface area contributed by atoms with E-state index in [-0.39, 0.29) is 11.9 Å². The van der Waals surface area contributed by atoms with Crippen molar-refractivity contribution in [3.05, 3.63) is 0 Å². The van der Waals surface area contributed by atoms with Crippen molar-refractivity contribution < 1.29 is 14.7 Å². The summed E-state index contributed by atoms with van der Waals surface area (Å²) in [4.78, 5) is 25.6. The monoisotopic (exact) mass is 302 g/mol. The maximum absolute atomic E-state index is 12.2. The van der Waals surface area contributed by atoms with Gasteiger partial charge in [0.15, 0.2) is 0 Å². The number of rotatable bonds is 7. The molecule has 0 radical (unpaired) electrons. The Kier molecular flexibility index (Phi) is 7.37. The molecule has 116 valence electrons. The molecular formula is C14H26N2O3S. The molecule has 1 amide bonds. The van der Waals surface area contributed by atoms with Crippen LogP contribution in [0.3, 0.4) is 0 Å². The maximum atomic E-state index is 12.2. The molecule has 0 bridgehead atoms. The van der Waals surface area contributed by atoms with Gasteiger partial charge in [-0.1, -0.05) is 6.42 Å². The Morgan fingerprint density at radius 3 is 2.70 bits per heavy atom. The van der Waals surface area contributed by atoms with Crippen LogP contribution in [0.2, 0.25) is 0 Å². The fourth-order valence-electron chi connectivity index (χ4n) is 2.63. The first-order valence-corrected chi connectivity index (χ1v) is 8.64. The number of carboxylic acid groups (broad SMARTS) is 1. The second-order valence-electron chi connectivity index (χ2n) is 5.44. The van der Waals surface area contributed by atoms with Crippen molar-refractivity contribution in [3.63, 3.8) is 0 Å². The van der Waals surface area contributed by atoms with Gasteiger partial charge in [0.05, 0.1) is 6.04 Å². The summed E-state index contributed by atoms with van der Waals surface area (Å²) < 4.78 is 0. The highest BCUT2D eigenvalue weighted by atomic mass is 32.2. The van der Waals surface area contributed by atoms with E-state index in [2.05, 4.69) is 17.1 Å². The topological polar surface area (TPSA) is 69.6 Å². The van der Waals surface area contributed by atoms with E-state index in [0.29, 0.717) is 12.5 Å². The van der Waals surface area contributed by atoms with E-state index in [1.807, 2.05) is 13.2 Å². The van der Waals surface area contributed by atoms with Crippen LogP contribution in [0.4, 0.5) is 0 Å². The third-order valence-electron chi connectivity index (χ3n) is 3.96. The molecule has 20 heavy (non-hydrogen) atoms. The van der Waals surface area contributed by atoms with Crippen LogP contribution in [0, 0.1) is 0 Å². The number of carbonyl (C=O) groups excluding carboxylic acids is 1. The predicted molar refractivity (Wildman–Crippen MR) is 82.0 cm³/mol. The Balaban J connectivity index is 2.56. The number of nitrogens with one attached hydrogen (secondary N) is 1. The van der Waals surface area contributed by atoms with Crippen LogP contribution in [0.15, 0.2) is 0 Å². The minimum atomic E-state index is -0.953. The molecule has 1 aliphatic heterocycles. The molecule has 0 saturated carbocycles. The zero-order valence-electron chi connectivity index (χ0n) is 12.6. The van der Waals surface area contributed by atoms with Crippen molar-refractivity contribution >= 4 is 23.6 Å². The van der Waals surface area contributed by atoms with Gasteiger partial charge in [-0.2, -0.15) is 11.8 Å². The molecular weight excluding hydrogens is 276 g/mol. The van der Waals surface area contributed by atoms with Crippen LogP contribution in [-0.2, 0) is 9.59 Å². The summed E-state index contributed by atoms with van der Waals surface area (Å²) in [7, 11) is 0. The average Bonchev–Trinajstić information content (AvgIpc) is 2.42. The Bertz CT molecular complexity index is 338. The van der Waals surface area contributed by atoms with E-state index in [4.69, 9.17) is 5.11 Å². The van der Waals surface area contributed by atoms with Gasteiger partial charge in [-0.25, -0.2) is 4.79 Å². The van der Waals surface area contributed by atoms with Crippen LogP contribution in [0.1, 0.15) is 39.5 Å². The second-order valence-corrected chi connectivity index (χ2v) is 6.43. The second kappa shape index (κ2) is 8.52. The highest BCUT2D eigenvalue weighted by Gasteiger charge is 2.30. The quantitative estimate of drug-likeness (QED) is 0.747. The van der Waals surface area contributed by atoms with Gasteiger partial charge in [-0.15, -0.1) is 0 Å². The van der Waals surface area contributed by atoms with Gasteiger partial charge < -0.3 is 10.4 Å². The van der Waals surface area contributed by atoms with Gasteiger partial charge in [0, 0.05) is 6.04 Å². The highest BCUT2D eigenvalue weighted by Crippen LogP contribution is 2.19. The molecule has 0 aromatic heterocycles. The number of hydrogen-bond acceptors (Lipinski definition) is 4. The average molecular weight is 302 g/mol. The summed E-state index contributed by atoms with van der Waals surface area (Å²) in [6.07, 6.45) is 5.81. The zero-order chi connectivity index (χ0) is 15.1. The molecule has 0 aromatic rings. The smallest absolute Gasteiger partial charge is 0.326 e. The Morgan fingerprint density at radius 1 is 1.45 bits per heavy atom. The van der Waals surface area contributed by atoms with Crippen molar-refractivity contribution in [1.82, 2.24) is 10.2 Å². The van der Waals surface area contributed by atoms with E-state index >= 15 is 0 Å². The van der Waals surface area contributed by atoms with Gasteiger partial charge >= 0.3 is 5.97 Å². The summed E-state index contributed by atoms with van der Waals surface area (Å²) in [5, 5.41) is 11.8. The van der Waals surface area contributed by atoms with Gasteiger partial charge in [-0.05, 0) is 51.7 Å². The van der Waals surface area contributed by atoms with Crippen molar-refractivity contribution in [2.75, 3.05) is 18.6 Å². The first-order chi connectivity index (χ1) is 9.47. The Morgan fingerprint density at radius 2 is 2.15 bits per heavy atom. The van der Waals surface area contributed by atoms with E-state index in [0.717, 1.165) is 25.1 Å². The molecule has 1 rings (SSSR count). The van der Waals surface area contributed by atoms with E-state index in [1.54, 1.807) is 11.8 Å². The van der Waals surface area contributed by atoms with Crippen molar-refractivity contribution in [3.8, 4) is 0 Å². The van der Waals surface area contributed by atoms with Crippen molar-refractivity contribution in [2.45, 2.75) is 57.7 Å². The maximum Gasteiger partial charge on any atom is 0.326 e. The standard InChI is InChI=1S/C14H26N2O3S/c1-10-6-4-5-8-16(10)11(2)13(17)15-12(14(18)19)7-9-20-3/h10-12H,4-9H2,1-3H3,(H,15,17)(H,18,19). The molecule has 1 saturated heterocycles. The number of likely N-dealkylation sites (tertiary alicyclic amines) is 1. The number of thioether (sulfide) groups is 1. The SMILES string of the molecule is CSCCC(NC(=O)C(C)N1CCCCC1C)C(=O)O. The molecule has 3 unspecified atom stereocenters. The lowest BCUT2D eigenvalue weighted by atomic mass is 10.0. The minimum absolute atomic E-state index is 0.174. The number of carboxylic acids is 1. The molecule has 0 aromatic carbocycles. The molecule has 1 fully saturated rings. The highest BCUT2D eigenvalue weighted by molar-refractivity contribution is 7.98. The lowest BCUT2D eigenvalue weighted by Gasteiger charge is -2.37. The van der Waals surface area contributed by atoms with Crippen LogP contribution in [0.5, 0.6) is 0 Å². The summed E-state index contributed by atoms with van der Waals surface area (Å²) in [6.45, 7) is 4.91. The predicted octanol–water partition coefficient (Wildman–Crippen LogP) is 1.57. The van der Waals surface area contributed by atoms with Crippen molar-refractivity contribution in [2.24, 2.45) is 0 Å². The lowest BCUT2D eigenvalue weighted by molar-refractivity contribution is -0.142. The number of amides is 1. The van der Waals surface area contributed by atoms with E-state index < -0.39 is 12.0 Å². The first-order valence-electron chi connectivity index (χ1n) is 7.25. The summed E-state index contributed by atoms with van der Waals surface area (Å²) in [5.74, 6) is -0.398. The fraction of sp³-hybridized carbons (Fsp3) is 0.857. The Labute approximate surface area is 125 Å². The number of nitrogens with zero attached hydrogens (tertiary/aromatic N) is 1. The third-order valence-corrected chi connectivity index (χ3v) is 4.60. The van der Waals surface area contributed by atoms with Gasteiger partial charge in [0.2, 0.25) is 5.91 Å². The molecule has 3 atom stereocenters. The normalized spacial score (nSPS) is 23.1. The largest absolute Gasteiger partial charge is 0.480 e. The van der Waals surface area contributed by atoms with E-state index in [1.165, 1.54) is 6.42 Å². The lowest BCUT2D eigenvalue weighted by Crippen LogP contribution is -2.54. The molecule has 6 heteroatoms. The molecule has 0 spiro atoms.